The Labute approximate surface area is 170 Å². The van der Waals surface area contributed by atoms with Crippen molar-refractivity contribution in [2.24, 2.45) is 0 Å². The average Bonchev–Trinajstić information content (AvgIpc) is 3.30. The number of nitrogens with one attached hydrogen (secondary N) is 1. The predicted molar refractivity (Wildman–Crippen MR) is 107 cm³/mol. The van der Waals surface area contributed by atoms with E-state index in [1.54, 1.807) is 29.3 Å². The van der Waals surface area contributed by atoms with Gasteiger partial charge in [0.15, 0.2) is 16.8 Å². The molecule has 4 rings (SSSR count). The van der Waals surface area contributed by atoms with Gasteiger partial charge in [-0.15, -0.1) is 11.3 Å². The van der Waals surface area contributed by atoms with E-state index in [4.69, 9.17) is 0 Å². The monoisotopic (exact) mass is 413 g/mol. The van der Waals surface area contributed by atoms with E-state index in [0.717, 1.165) is 28.3 Å². The molecule has 148 valence electrons. The maximum Gasteiger partial charge on any atom is 0.257 e. The van der Waals surface area contributed by atoms with E-state index < -0.39 is 11.6 Å². The molecule has 29 heavy (non-hydrogen) atoms. The van der Waals surface area contributed by atoms with Crippen molar-refractivity contribution in [1.29, 1.82) is 0 Å². The van der Waals surface area contributed by atoms with Crippen LogP contribution in [0.4, 0.5) is 19.6 Å². The summed E-state index contributed by atoms with van der Waals surface area (Å²) in [5.74, 6) is -2.08. The largest absolute Gasteiger partial charge is 0.312 e. The minimum absolute atomic E-state index is 0.0164. The van der Waals surface area contributed by atoms with Crippen molar-refractivity contribution in [1.82, 2.24) is 4.98 Å². The lowest BCUT2D eigenvalue weighted by molar-refractivity contribution is -0.116. The summed E-state index contributed by atoms with van der Waals surface area (Å²) >= 11 is 1.28. The van der Waals surface area contributed by atoms with E-state index >= 15 is 0 Å². The van der Waals surface area contributed by atoms with E-state index in [1.165, 1.54) is 24.3 Å². The summed E-state index contributed by atoms with van der Waals surface area (Å²) in [5.41, 5.74) is 2.92. The number of amides is 2. The lowest BCUT2D eigenvalue weighted by atomic mass is 10.1. The highest BCUT2D eigenvalue weighted by molar-refractivity contribution is 7.15. The van der Waals surface area contributed by atoms with Gasteiger partial charge in [0.1, 0.15) is 0 Å². The standard InChI is InChI=1S/C21H17F2N3O2S/c1-12(27)26-7-6-14-10-15(3-5-19(14)26)20(28)25-21-24-11-16(29-21)8-13-2-4-17(22)18(23)9-13/h2-5,9-11H,6-8H2,1H3,(H,24,25,28). The number of carbonyl (C=O) groups excluding carboxylic acids is 2. The first-order valence-electron chi connectivity index (χ1n) is 9.02. The minimum atomic E-state index is -0.888. The second-order valence-electron chi connectivity index (χ2n) is 6.78. The van der Waals surface area contributed by atoms with Gasteiger partial charge in [0.25, 0.3) is 5.91 Å². The Hall–Kier alpha value is -3.13. The lowest BCUT2D eigenvalue weighted by Gasteiger charge is -2.14. The SMILES string of the molecule is CC(=O)N1CCc2cc(C(=O)Nc3ncc(Cc4ccc(F)c(F)c4)s3)ccc21. The summed E-state index contributed by atoms with van der Waals surface area (Å²) in [6.07, 6.45) is 2.71. The minimum Gasteiger partial charge on any atom is -0.312 e. The highest BCUT2D eigenvalue weighted by atomic mass is 32.1. The molecule has 0 atom stereocenters. The second kappa shape index (κ2) is 7.71. The van der Waals surface area contributed by atoms with Gasteiger partial charge in [0.05, 0.1) is 0 Å². The van der Waals surface area contributed by atoms with E-state index in [1.807, 2.05) is 0 Å². The van der Waals surface area contributed by atoms with Crippen LogP contribution in [0.2, 0.25) is 0 Å². The van der Waals surface area contributed by atoms with Crippen molar-refractivity contribution in [2.75, 3.05) is 16.8 Å². The van der Waals surface area contributed by atoms with Crippen molar-refractivity contribution in [3.05, 3.63) is 75.8 Å². The zero-order valence-corrected chi connectivity index (χ0v) is 16.4. The van der Waals surface area contributed by atoms with E-state index in [2.05, 4.69) is 10.3 Å². The number of benzene rings is 2. The van der Waals surface area contributed by atoms with Crippen molar-refractivity contribution in [2.45, 2.75) is 19.8 Å². The summed E-state index contributed by atoms with van der Waals surface area (Å²) in [4.78, 5) is 30.9. The van der Waals surface area contributed by atoms with Crippen LogP contribution in [0.25, 0.3) is 0 Å². The molecule has 1 aliphatic heterocycles. The fourth-order valence-corrected chi connectivity index (χ4v) is 4.18. The first kappa shape index (κ1) is 19.2. The molecule has 2 heterocycles. The zero-order chi connectivity index (χ0) is 20.5. The van der Waals surface area contributed by atoms with Crippen LogP contribution in [0.1, 0.15) is 33.3 Å². The third-order valence-corrected chi connectivity index (χ3v) is 5.67. The van der Waals surface area contributed by atoms with Crippen molar-refractivity contribution in [3.63, 3.8) is 0 Å². The molecule has 0 unspecified atom stereocenters. The first-order chi connectivity index (χ1) is 13.9. The molecule has 1 aliphatic rings. The summed E-state index contributed by atoms with van der Waals surface area (Å²) in [6.45, 7) is 2.14. The number of halogens is 2. The molecule has 8 heteroatoms. The maximum atomic E-state index is 13.3. The summed E-state index contributed by atoms with van der Waals surface area (Å²) in [6, 6.07) is 9.03. The Morgan fingerprint density at radius 3 is 2.76 bits per heavy atom. The van der Waals surface area contributed by atoms with Crippen LogP contribution in [0.15, 0.2) is 42.6 Å². The van der Waals surface area contributed by atoms with Gasteiger partial charge >= 0.3 is 0 Å². The molecule has 0 aliphatic carbocycles. The fourth-order valence-electron chi connectivity index (χ4n) is 3.34. The molecule has 0 saturated carbocycles. The van der Waals surface area contributed by atoms with Crippen LogP contribution in [0.3, 0.4) is 0 Å². The molecule has 0 spiro atoms. The molecule has 0 fully saturated rings. The summed E-state index contributed by atoms with van der Waals surface area (Å²) in [7, 11) is 0. The molecule has 5 nitrogen and oxygen atoms in total. The van der Waals surface area contributed by atoms with E-state index in [0.29, 0.717) is 35.6 Å². The Morgan fingerprint density at radius 2 is 2.00 bits per heavy atom. The number of fused-ring (bicyclic) bond motifs is 1. The number of carbonyl (C=O) groups is 2. The molecule has 1 N–H and O–H groups in total. The van der Waals surface area contributed by atoms with Crippen LogP contribution in [-0.4, -0.2) is 23.3 Å². The van der Waals surface area contributed by atoms with Gasteiger partial charge in [-0.05, 0) is 47.9 Å². The van der Waals surface area contributed by atoms with Crippen LogP contribution in [0, 0.1) is 11.6 Å². The smallest absolute Gasteiger partial charge is 0.257 e. The molecule has 1 aromatic heterocycles. The molecule has 2 amide bonds. The number of thiazole rings is 1. The highest BCUT2D eigenvalue weighted by Crippen LogP contribution is 2.29. The van der Waals surface area contributed by atoms with E-state index in [9.17, 15) is 18.4 Å². The Balaban J connectivity index is 1.44. The number of hydrogen-bond acceptors (Lipinski definition) is 4. The Morgan fingerprint density at radius 1 is 1.17 bits per heavy atom. The van der Waals surface area contributed by atoms with E-state index in [-0.39, 0.29) is 11.8 Å². The number of aromatic nitrogens is 1. The van der Waals surface area contributed by atoms with Crippen molar-refractivity contribution < 1.29 is 18.4 Å². The molecule has 3 aromatic rings. The van der Waals surface area contributed by atoms with Crippen LogP contribution >= 0.6 is 11.3 Å². The molecule has 0 saturated heterocycles. The number of hydrogen-bond donors (Lipinski definition) is 1. The third-order valence-electron chi connectivity index (χ3n) is 4.75. The maximum absolute atomic E-state index is 13.3. The Kier molecular flexibility index (Phi) is 5.10. The molecular formula is C21H17F2N3O2S. The summed E-state index contributed by atoms with van der Waals surface area (Å²) < 4.78 is 26.4. The molecule has 0 bridgehead atoms. The van der Waals surface area contributed by atoms with Crippen LogP contribution < -0.4 is 10.2 Å². The molecular weight excluding hydrogens is 396 g/mol. The number of anilines is 2. The first-order valence-corrected chi connectivity index (χ1v) is 9.83. The fraction of sp³-hybridized carbons (Fsp3) is 0.190. The molecule has 2 aromatic carbocycles. The van der Waals surface area contributed by atoms with Gasteiger partial charge in [0, 0.05) is 42.2 Å². The van der Waals surface area contributed by atoms with Gasteiger partial charge < -0.3 is 4.90 Å². The van der Waals surface area contributed by atoms with Gasteiger partial charge in [-0.2, -0.15) is 0 Å². The zero-order valence-electron chi connectivity index (χ0n) is 15.5. The quantitative estimate of drug-likeness (QED) is 0.698. The highest BCUT2D eigenvalue weighted by Gasteiger charge is 2.23. The second-order valence-corrected chi connectivity index (χ2v) is 7.89. The van der Waals surface area contributed by atoms with Gasteiger partial charge in [-0.1, -0.05) is 6.07 Å². The Bertz CT molecular complexity index is 1110. The van der Waals surface area contributed by atoms with Gasteiger partial charge in [0.2, 0.25) is 5.91 Å². The van der Waals surface area contributed by atoms with Gasteiger partial charge in [-0.3, -0.25) is 14.9 Å². The normalized spacial score (nSPS) is 12.7. The lowest BCUT2D eigenvalue weighted by Crippen LogP contribution is -2.25. The predicted octanol–water partition coefficient (Wildman–Crippen LogP) is 4.17. The van der Waals surface area contributed by atoms with Crippen LogP contribution in [0.5, 0.6) is 0 Å². The van der Waals surface area contributed by atoms with Crippen molar-refractivity contribution >= 4 is 34.0 Å². The average molecular weight is 413 g/mol. The third kappa shape index (κ3) is 4.02. The number of nitrogens with zero attached hydrogens (tertiary/aromatic N) is 2. The topological polar surface area (TPSA) is 62.3 Å². The number of rotatable bonds is 4. The molecule has 0 radical (unpaired) electrons. The van der Waals surface area contributed by atoms with Crippen molar-refractivity contribution in [3.8, 4) is 0 Å². The summed E-state index contributed by atoms with van der Waals surface area (Å²) in [5, 5.41) is 3.19. The van der Waals surface area contributed by atoms with Gasteiger partial charge in [-0.25, -0.2) is 13.8 Å². The van der Waals surface area contributed by atoms with Crippen LogP contribution in [-0.2, 0) is 17.6 Å².